The van der Waals surface area contributed by atoms with Crippen LogP contribution in [0.3, 0.4) is 0 Å². The summed E-state index contributed by atoms with van der Waals surface area (Å²) in [6.45, 7) is 3.84. The zero-order valence-corrected chi connectivity index (χ0v) is 19.5. The van der Waals surface area contributed by atoms with Gasteiger partial charge in [-0.05, 0) is 61.2 Å². The summed E-state index contributed by atoms with van der Waals surface area (Å²) in [7, 11) is 0. The Morgan fingerprint density at radius 3 is 2.45 bits per heavy atom. The van der Waals surface area contributed by atoms with Gasteiger partial charge < -0.3 is 4.90 Å². The number of nitrogens with one attached hydrogen (secondary N) is 1. The molecule has 1 atom stereocenters. The van der Waals surface area contributed by atoms with E-state index in [0.29, 0.717) is 18.5 Å². The first-order valence-corrected chi connectivity index (χ1v) is 12.8. The predicted molar refractivity (Wildman–Crippen MR) is 128 cm³/mol. The van der Waals surface area contributed by atoms with E-state index >= 15 is 0 Å². The van der Waals surface area contributed by atoms with Crippen LogP contribution in [0.4, 0.5) is 0 Å². The minimum atomic E-state index is -0.576. The van der Waals surface area contributed by atoms with Crippen LogP contribution in [-0.2, 0) is 28.4 Å². The van der Waals surface area contributed by atoms with Gasteiger partial charge in [0.15, 0.2) is 0 Å². The van der Waals surface area contributed by atoms with E-state index in [2.05, 4.69) is 40.5 Å². The Bertz CT molecular complexity index is 1060. The number of hydrogen-bond acceptors (Lipinski definition) is 5. The number of amides is 3. The van der Waals surface area contributed by atoms with Crippen molar-refractivity contribution < 1.29 is 14.4 Å². The van der Waals surface area contributed by atoms with Crippen molar-refractivity contribution in [3.63, 3.8) is 0 Å². The first-order valence-electron chi connectivity index (χ1n) is 11.8. The smallest absolute Gasteiger partial charge is 0.255 e. The molecule has 2 aromatic carbocycles. The number of rotatable bonds is 6. The van der Waals surface area contributed by atoms with E-state index in [-0.39, 0.29) is 24.1 Å². The Morgan fingerprint density at radius 1 is 0.939 bits per heavy atom. The second kappa shape index (κ2) is 9.69. The van der Waals surface area contributed by atoms with Gasteiger partial charge in [-0.15, -0.1) is 11.8 Å². The molecule has 2 fully saturated rings. The quantitative estimate of drug-likeness (QED) is 0.522. The molecule has 3 amide bonds. The summed E-state index contributed by atoms with van der Waals surface area (Å²) in [5.74, 6) is 0.0708. The van der Waals surface area contributed by atoms with E-state index in [0.717, 1.165) is 22.8 Å². The minimum Gasteiger partial charge on any atom is -0.322 e. The molecule has 1 N–H and O–H groups in total. The number of fused-ring (bicyclic) bond motifs is 1. The Labute approximate surface area is 198 Å². The molecule has 3 aliphatic heterocycles. The third-order valence-corrected chi connectivity index (χ3v) is 7.98. The molecular weight excluding hydrogens is 434 g/mol. The summed E-state index contributed by atoms with van der Waals surface area (Å²) in [6.07, 6.45) is 4.62. The van der Waals surface area contributed by atoms with Crippen molar-refractivity contribution in [3.8, 4) is 0 Å². The largest absolute Gasteiger partial charge is 0.322 e. The summed E-state index contributed by atoms with van der Waals surface area (Å²) >= 11 is 1.73. The number of nitrogens with zero attached hydrogens (tertiary/aromatic N) is 2. The van der Waals surface area contributed by atoms with Crippen LogP contribution in [-0.4, -0.2) is 46.7 Å². The topological polar surface area (TPSA) is 69.7 Å². The van der Waals surface area contributed by atoms with Crippen LogP contribution in [0.25, 0.3) is 0 Å². The molecule has 0 unspecified atom stereocenters. The fourth-order valence-electron chi connectivity index (χ4n) is 4.97. The van der Waals surface area contributed by atoms with E-state index in [1.165, 1.54) is 43.5 Å². The molecule has 172 valence electrons. The van der Waals surface area contributed by atoms with Crippen molar-refractivity contribution in [2.45, 2.75) is 61.9 Å². The summed E-state index contributed by atoms with van der Waals surface area (Å²) < 4.78 is 0. The van der Waals surface area contributed by atoms with Gasteiger partial charge in [-0.1, -0.05) is 36.8 Å². The molecule has 3 heterocycles. The highest BCUT2D eigenvalue weighted by atomic mass is 32.2. The molecule has 6 nitrogen and oxygen atoms in total. The Morgan fingerprint density at radius 2 is 1.70 bits per heavy atom. The molecule has 0 bridgehead atoms. The van der Waals surface area contributed by atoms with Gasteiger partial charge in [0.05, 0.1) is 0 Å². The zero-order valence-electron chi connectivity index (χ0n) is 18.7. The van der Waals surface area contributed by atoms with E-state index in [4.69, 9.17) is 0 Å². The second-order valence-corrected chi connectivity index (χ2v) is 10.1. The fourth-order valence-corrected chi connectivity index (χ4v) is 6.01. The number of piperidine rings is 2. The first kappa shape index (κ1) is 22.2. The molecule has 2 aromatic rings. The van der Waals surface area contributed by atoms with Crippen molar-refractivity contribution in [2.24, 2.45) is 0 Å². The predicted octanol–water partition coefficient (Wildman–Crippen LogP) is 3.73. The molecule has 2 saturated heterocycles. The Balaban J connectivity index is 1.23. The van der Waals surface area contributed by atoms with Crippen LogP contribution in [0.2, 0.25) is 0 Å². The van der Waals surface area contributed by atoms with Crippen LogP contribution < -0.4 is 5.32 Å². The molecule has 0 saturated carbocycles. The molecule has 7 heteroatoms. The number of benzene rings is 2. The number of thioether (sulfide) groups is 1. The van der Waals surface area contributed by atoms with Crippen LogP contribution >= 0.6 is 11.8 Å². The van der Waals surface area contributed by atoms with Gasteiger partial charge in [-0.3, -0.25) is 24.6 Å². The van der Waals surface area contributed by atoms with Gasteiger partial charge in [0.1, 0.15) is 6.04 Å². The number of carbonyl (C=O) groups excluding carboxylic acids is 3. The van der Waals surface area contributed by atoms with E-state index in [1.807, 2.05) is 12.1 Å². The van der Waals surface area contributed by atoms with Gasteiger partial charge in [0.25, 0.3) is 5.91 Å². The number of imide groups is 1. The maximum absolute atomic E-state index is 13.0. The third-order valence-electron chi connectivity index (χ3n) is 6.81. The molecule has 0 radical (unpaired) electrons. The van der Waals surface area contributed by atoms with Crippen molar-refractivity contribution >= 4 is 29.5 Å². The molecule has 5 rings (SSSR count). The molecular formula is C26H29N3O3S. The minimum absolute atomic E-state index is 0.121. The lowest BCUT2D eigenvalue weighted by molar-refractivity contribution is -0.136. The highest BCUT2D eigenvalue weighted by Crippen LogP contribution is 2.35. The summed E-state index contributed by atoms with van der Waals surface area (Å²) in [6, 6.07) is 14.1. The molecule has 33 heavy (non-hydrogen) atoms. The van der Waals surface area contributed by atoms with Crippen molar-refractivity contribution in [1.82, 2.24) is 15.1 Å². The van der Waals surface area contributed by atoms with Crippen LogP contribution in [0.15, 0.2) is 47.4 Å². The average Bonchev–Trinajstić information content (AvgIpc) is 3.16. The van der Waals surface area contributed by atoms with Gasteiger partial charge in [-0.25, -0.2) is 0 Å². The normalized spacial score (nSPS) is 21.3. The molecule has 0 aliphatic carbocycles. The highest BCUT2D eigenvalue weighted by molar-refractivity contribution is 7.98. The van der Waals surface area contributed by atoms with E-state index in [1.54, 1.807) is 16.7 Å². The summed E-state index contributed by atoms with van der Waals surface area (Å²) in [5, 5.41) is 2.37. The molecule has 0 aromatic heterocycles. The van der Waals surface area contributed by atoms with Gasteiger partial charge >= 0.3 is 0 Å². The van der Waals surface area contributed by atoms with Gasteiger partial charge in [0.2, 0.25) is 11.8 Å². The number of carbonyl (C=O) groups is 3. The lowest BCUT2D eigenvalue weighted by atomic mass is 10.0. The third kappa shape index (κ3) is 4.84. The van der Waals surface area contributed by atoms with Crippen molar-refractivity contribution in [2.75, 3.05) is 13.1 Å². The Hall–Kier alpha value is -2.64. The number of likely N-dealkylation sites (tertiary alicyclic amines) is 1. The summed E-state index contributed by atoms with van der Waals surface area (Å²) in [4.78, 5) is 42.0. The second-order valence-electron chi connectivity index (χ2n) is 9.12. The molecule has 3 aliphatic rings. The zero-order chi connectivity index (χ0) is 22.8. The number of hydrogen-bond donors (Lipinski definition) is 1. The van der Waals surface area contributed by atoms with Crippen LogP contribution in [0, 0.1) is 0 Å². The first-order chi connectivity index (χ1) is 16.1. The Kier molecular flexibility index (Phi) is 6.51. The van der Waals surface area contributed by atoms with Crippen molar-refractivity contribution in [1.29, 1.82) is 0 Å². The van der Waals surface area contributed by atoms with Gasteiger partial charge in [0, 0.05) is 35.7 Å². The summed E-state index contributed by atoms with van der Waals surface area (Å²) in [5.41, 5.74) is 4.27. The standard InChI is InChI=1S/C26H29N3O3S/c30-24-12-11-22(25(31)27-24)29-16-21-20(26(29)32)5-4-6-23(21)33-17-19-9-7-18(8-10-19)15-28-13-2-1-3-14-28/h4-10,22H,1-3,11-17H2,(H,27,30,31)/t22-/m0/s1. The fraction of sp³-hybridized carbons (Fsp3) is 0.423. The van der Waals surface area contributed by atoms with E-state index in [9.17, 15) is 14.4 Å². The SMILES string of the molecule is O=C1CC[C@H](N2Cc3c(SCc4ccc(CN5CCCCC5)cc4)cccc3C2=O)C(=O)N1. The lowest BCUT2D eigenvalue weighted by Gasteiger charge is -2.29. The average molecular weight is 464 g/mol. The molecule has 0 spiro atoms. The lowest BCUT2D eigenvalue weighted by Crippen LogP contribution is -2.52. The maximum Gasteiger partial charge on any atom is 0.255 e. The maximum atomic E-state index is 13.0. The van der Waals surface area contributed by atoms with Gasteiger partial charge in [-0.2, -0.15) is 0 Å². The monoisotopic (exact) mass is 463 g/mol. The van der Waals surface area contributed by atoms with Crippen LogP contribution in [0.5, 0.6) is 0 Å². The van der Waals surface area contributed by atoms with Crippen molar-refractivity contribution in [3.05, 3.63) is 64.7 Å². The van der Waals surface area contributed by atoms with E-state index < -0.39 is 6.04 Å². The van der Waals surface area contributed by atoms with Crippen LogP contribution in [0.1, 0.15) is 59.2 Å². The highest BCUT2D eigenvalue weighted by Gasteiger charge is 2.39.